The van der Waals surface area contributed by atoms with Gasteiger partial charge in [-0.05, 0) is 17.7 Å². The summed E-state index contributed by atoms with van der Waals surface area (Å²) in [6, 6.07) is 9.87. The summed E-state index contributed by atoms with van der Waals surface area (Å²) in [5.41, 5.74) is 1.02. The number of benzene rings is 1. The van der Waals surface area contributed by atoms with Crippen molar-refractivity contribution in [1.29, 1.82) is 5.26 Å². The van der Waals surface area contributed by atoms with Crippen LogP contribution in [0.1, 0.15) is 11.4 Å². The predicted molar refractivity (Wildman–Crippen MR) is 78.8 cm³/mol. The molecule has 0 saturated carbocycles. The first-order chi connectivity index (χ1) is 10.3. The predicted octanol–water partition coefficient (Wildman–Crippen LogP) is 1.84. The fourth-order valence-electron chi connectivity index (χ4n) is 2.50. The molecule has 2 aromatic rings. The zero-order chi connectivity index (χ0) is 14.5. The van der Waals surface area contributed by atoms with Crippen LogP contribution in [0.5, 0.6) is 5.75 Å². The second-order valence-electron chi connectivity index (χ2n) is 5.14. The smallest absolute Gasteiger partial charge is 0.122 e. The minimum Gasteiger partial charge on any atom is -0.492 e. The molecule has 1 aromatic heterocycles. The van der Waals surface area contributed by atoms with Crippen molar-refractivity contribution in [2.75, 3.05) is 19.7 Å². The van der Waals surface area contributed by atoms with Crippen molar-refractivity contribution in [3.8, 4) is 11.8 Å². The maximum Gasteiger partial charge on any atom is 0.122 e. The molecule has 0 bridgehead atoms. The zero-order valence-electron chi connectivity index (χ0n) is 11.9. The molecular formula is C16H18N4O. The Labute approximate surface area is 124 Å². The van der Waals surface area contributed by atoms with Gasteiger partial charge in [0.05, 0.1) is 19.0 Å². The number of imidazole rings is 1. The van der Waals surface area contributed by atoms with Gasteiger partial charge in [-0.15, -0.1) is 0 Å². The normalized spacial score (nSPS) is 14.4. The van der Waals surface area contributed by atoms with Crippen molar-refractivity contribution in [2.45, 2.75) is 19.5 Å². The van der Waals surface area contributed by atoms with E-state index in [1.54, 1.807) is 0 Å². The monoisotopic (exact) mass is 282 g/mol. The van der Waals surface area contributed by atoms with Crippen LogP contribution in [-0.4, -0.2) is 34.1 Å². The average molecular weight is 282 g/mol. The molecule has 0 amide bonds. The molecule has 0 spiro atoms. The van der Waals surface area contributed by atoms with Gasteiger partial charge in [0.2, 0.25) is 0 Å². The quantitative estimate of drug-likeness (QED) is 0.839. The molecule has 3 rings (SSSR count). The SMILES string of the molecule is N#CCc1ccc(OCCN2CCn3ccnc3C2)cc1. The summed E-state index contributed by atoms with van der Waals surface area (Å²) in [7, 11) is 0. The molecule has 1 aromatic carbocycles. The van der Waals surface area contributed by atoms with Gasteiger partial charge in [-0.1, -0.05) is 12.1 Å². The highest BCUT2D eigenvalue weighted by Gasteiger charge is 2.15. The molecule has 1 aliphatic heterocycles. The molecule has 108 valence electrons. The Bertz CT molecular complexity index is 626. The van der Waals surface area contributed by atoms with Crippen LogP contribution in [0.15, 0.2) is 36.7 Å². The summed E-state index contributed by atoms with van der Waals surface area (Å²) in [5, 5.41) is 8.64. The van der Waals surface area contributed by atoms with Crippen LogP contribution in [0.3, 0.4) is 0 Å². The first kappa shape index (κ1) is 13.7. The van der Waals surface area contributed by atoms with Crippen molar-refractivity contribution in [1.82, 2.24) is 14.5 Å². The van der Waals surface area contributed by atoms with E-state index in [0.717, 1.165) is 43.3 Å². The van der Waals surface area contributed by atoms with Crippen molar-refractivity contribution in [2.24, 2.45) is 0 Å². The fourth-order valence-corrected chi connectivity index (χ4v) is 2.50. The van der Waals surface area contributed by atoms with Gasteiger partial charge in [-0.3, -0.25) is 4.90 Å². The molecule has 21 heavy (non-hydrogen) atoms. The van der Waals surface area contributed by atoms with Crippen LogP contribution in [0, 0.1) is 11.3 Å². The fraction of sp³-hybridized carbons (Fsp3) is 0.375. The van der Waals surface area contributed by atoms with Gasteiger partial charge in [0.1, 0.15) is 18.2 Å². The molecule has 1 aliphatic rings. The van der Waals surface area contributed by atoms with E-state index >= 15 is 0 Å². The lowest BCUT2D eigenvalue weighted by molar-refractivity contribution is 0.175. The van der Waals surface area contributed by atoms with Crippen molar-refractivity contribution in [3.05, 3.63) is 48.0 Å². The lowest BCUT2D eigenvalue weighted by Crippen LogP contribution is -2.36. The Morgan fingerprint density at radius 1 is 1.24 bits per heavy atom. The van der Waals surface area contributed by atoms with Gasteiger partial charge >= 0.3 is 0 Å². The number of fused-ring (bicyclic) bond motifs is 1. The summed E-state index contributed by atoms with van der Waals surface area (Å²) in [4.78, 5) is 6.71. The number of nitriles is 1. The Balaban J connectivity index is 1.45. The minimum atomic E-state index is 0.445. The Kier molecular flexibility index (Phi) is 4.17. The highest BCUT2D eigenvalue weighted by molar-refractivity contribution is 5.28. The van der Waals surface area contributed by atoms with Gasteiger partial charge < -0.3 is 9.30 Å². The first-order valence-corrected chi connectivity index (χ1v) is 7.16. The molecule has 0 fully saturated rings. The molecule has 5 nitrogen and oxygen atoms in total. The molecule has 0 aliphatic carbocycles. The van der Waals surface area contributed by atoms with Crippen LogP contribution < -0.4 is 4.74 Å². The third kappa shape index (κ3) is 3.41. The van der Waals surface area contributed by atoms with Crippen LogP contribution >= 0.6 is 0 Å². The van der Waals surface area contributed by atoms with Crippen LogP contribution in [0.2, 0.25) is 0 Å². The second-order valence-corrected chi connectivity index (χ2v) is 5.14. The van der Waals surface area contributed by atoms with E-state index in [4.69, 9.17) is 10.00 Å². The van der Waals surface area contributed by atoms with Crippen molar-refractivity contribution >= 4 is 0 Å². The highest BCUT2D eigenvalue weighted by Crippen LogP contribution is 2.13. The Morgan fingerprint density at radius 3 is 2.90 bits per heavy atom. The molecule has 0 N–H and O–H groups in total. The summed E-state index contributed by atoms with van der Waals surface area (Å²) in [6.07, 6.45) is 4.34. The molecule has 2 heterocycles. The van der Waals surface area contributed by atoms with Gasteiger partial charge in [0.15, 0.2) is 0 Å². The second kappa shape index (κ2) is 6.42. The maximum absolute atomic E-state index is 8.64. The third-order valence-corrected chi connectivity index (χ3v) is 3.71. The van der Waals surface area contributed by atoms with Gasteiger partial charge in [0, 0.05) is 32.0 Å². The summed E-state index contributed by atoms with van der Waals surface area (Å²) < 4.78 is 7.96. The number of nitrogens with zero attached hydrogens (tertiary/aromatic N) is 4. The van der Waals surface area contributed by atoms with E-state index in [2.05, 4.69) is 20.5 Å². The molecule has 0 atom stereocenters. The molecule has 0 unspecified atom stereocenters. The first-order valence-electron chi connectivity index (χ1n) is 7.16. The average Bonchev–Trinajstić information content (AvgIpc) is 2.97. The number of hydrogen-bond donors (Lipinski definition) is 0. The molecule has 5 heteroatoms. The Morgan fingerprint density at radius 2 is 2.10 bits per heavy atom. The summed E-state index contributed by atoms with van der Waals surface area (Å²) >= 11 is 0. The van der Waals surface area contributed by atoms with E-state index < -0.39 is 0 Å². The van der Waals surface area contributed by atoms with E-state index in [0.29, 0.717) is 13.0 Å². The number of hydrogen-bond acceptors (Lipinski definition) is 4. The van der Waals surface area contributed by atoms with Crippen LogP contribution in [0.4, 0.5) is 0 Å². The summed E-state index contributed by atoms with van der Waals surface area (Å²) in [6.45, 7) is 4.48. The topological polar surface area (TPSA) is 54.1 Å². The molecule has 0 saturated heterocycles. The zero-order valence-corrected chi connectivity index (χ0v) is 11.9. The minimum absolute atomic E-state index is 0.445. The lowest BCUT2D eigenvalue weighted by Gasteiger charge is -2.27. The largest absolute Gasteiger partial charge is 0.492 e. The van der Waals surface area contributed by atoms with Gasteiger partial charge in [0.25, 0.3) is 0 Å². The number of rotatable bonds is 5. The number of aromatic nitrogens is 2. The van der Waals surface area contributed by atoms with Crippen molar-refractivity contribution in [3.63, 3.8) is 0 Å². The molecule has 0 radical (unpaired) electrons. The standard InChI is InChI=1S/C16H18N4O/c17-6-5-14-1-3-15(4-2-14)21-12-11-19-9-10-20-8-7-18-16(20)13-19/h1-4,7-8H,5,9-13H2. The van der Waals surface area contributed by atoms with E-state index in [1.165, 1.54) is 0 Å². The van der Waals surface area contributed by atoms with E-state index in [1.807, 2.05) is 36.7 Å². The number of ether oxygens (including phenoxy) is 1. The van der Waals surface area contributed by atoms with Crippen molar-refractivity contribution < 1.29 is 4.74 Å². The Hall–Kier alpha value is -2.32. The van der Waals surface area contributed by atoms with Gasteiger partial charge in [-0.25, -0.2) is 4.98 Å². The highest BCUT2D eigenvalue weighted by atomic mass is 16.5. The van der Waals surface area contributed by atoms with Crippen LogP contribution in [0.25, 0.3) is 0 Å². The maximum atomic E-state index is 8.64. The molecular weight excluding hydrogens is 264 g/mol. The van der Waals surface area contributed by atoms with E-state index in [9.17, 15) is 0 Å². The third-order valence-electron chi connectivity index (χ3n) is 3.71. The van der Waals surface area contributed by atoms with E-state index in [-0.39, 0.29) is 0 Å². The summed E-state index contributed by atoms with van der Waals surface area (Å²) in [5.74, 6) is 1.98. The van der Waals surface area contributed by atoms with Crippen LogP contribution in [-0.2, 0) is 19.5 Å². The van der Waals surface area contributed by atoms with Gasteiger partial charge in [-0.2, -0.15) is 5.26 Å². The lowest BCUT2D eigenvalue weighted by atomic mass is 10.2.